The third kappa shape index (κ3) is 2.84. The topological polar surface area (TPSA) is 37.0 Å². The minimum atomic E-state index is 0.579. The van der Waals surface area contributed by atoms with Crippen molar-refractivity contribution < 1.29 is 4.74 Å². The van der Waals surface area contributed by atoms with Crippen LogP contribution >= 0.6 is 0 Å². The summed E-state index contributed by atoms with van der Waals surface area (Å²) < 4.78 is 5.98. The van der Waals surface area contributed by atoms with Gasteiger partial charge in [0, 0.05) is 22.6 Å². The van der Waals surface area contributed by atoms with Gasteiger partial charge in [0.15, 0.2) is 0 Å². The molecule has 0 radical (unpaired) electrons. The Hall–Kier alpha value is -2.26. The van der Waals surface area contributed by atoms with E-state index in [4.69, 9.17) is 4.74 Å². The smallest absolute Gasteiger partial charge is 0.120 e. The van der Waals surface area contributed by atoms with Crippen LogP contribution in [0.25, 0.3) is 10.9 Å². The summed E-state index contributed by atoms with van der Waals surface area (Å²) in [5.74, 6) is 0.940. The summed E-state index contributed by atoms with van der Waals surface area (Å²) in [5, 5.41) is 4.73. The van der Waals surface area contributed by atoms with Crippen LogP contribution in [0.2, 0.25) is 0 Å². The Morgan fingerprint density at radius 3 is 2.87 bits per heavy atom. The summed E-state index contributed by atoms with van der Waals surface area (Å²) in [6.07, 6.45) is 3.41. The predicted molar refractivity (Wildman–Crippen MR) is 93.9 cm³/mol. The van der Waals surface area contributed by atoms with Gasteiger partial charge in [-0.2, -0.15) is 0 Å². The van der Waals surface area contributed by atoms with Gasteiger partial charge < -0.3 is 15.0 Å². The highest BCUT2D eigenvalue weighted by molar-refractivity contribution is 5.86. The van der Waals surface area contributed by atoms with Gasteiger partial charge in [0.2, 0.25) is 0 Å². The maximum atomic E-state index is 5.98. The van der Waals surface area contributed by atoms with Crippen LogP contribution in [0.3, 0.4) is 0 Å². The molecule has 4 rings (SSSR count). The first-order valence-electron chi connectivity index (χ1n) is 8.31. The maximum absolute atomic E-state index is 5.98. The van der Waals surface area contributed by atoms with Crippen molar-refractivity contribution in [3.05, 3.63) is 65.4 Å². The highest BCUT2D eigenvalue weighted by Crippen LogP contribution is 2.31. The van der Waals surface area contributed by atoms with Gasteiger partial charge in [0.1, 0.15) is 12.4 Å². The average Bonchev–Trinajstić information content (AvgIpc) is 2.98. The fourth-order valence-corrected chi connectivity index (χ4v) is 3.47. The monoisotopic (exact) mass is 306 g/mol. The lowest BCUT2D eigenvalue weighted by atomic mass is 9.91. The van der Waals surface area contributed by atoms with Gasteiger partial charge in [0.25, 0.3) is 0 Å². The van der Waals surface area contributed by atoms with Crippen LogP contribution in [0.15, 0.2) is 48.5 Å². The number of rotatable bonds is 4. The molecule has 1 aliphatic rings. The van der Waals surface area contributed by atoms with Crippen molar-refractivity contribution in [1.29, 1.82) is 0 Å². The lowest BCUT2D eigenvalue weighted by Gasteiger charge is -2.21. The first-order chi connectivity index (χ1) is 11.3. The molecule has 23 heavy (non-hydrogen) atoms. The number of aryl methyl sites for hydroxylation is 1. The second-order valence-electron chi connectivity index (χ2n) is 6.29. The molecule has 3 heteroatoms. The van der Waals surface area contributed by atoms with Crippen molar-refractivity contribution in [3.8, 4) is 5.75 Å². The Morgan fingerprint density at radius 2 is 2.04 bits per heavy atom. The minimum absolute atomic E-state index is 0.579. The number of benzene rings is 2. The molecule has 0 saturated heterocycles. The first-order valence-corrected chi connectivity index (χ1v) is 8.31. The third-order valence-corrected chi connectivity index (χ3v) is 4.82. The van der Waals surface area contributed by atoms with Crippen LogP contribution in [-0.2, 0) is 19.4 Å². The lowest BCUT2D eigenvalue weighted by Crippen LogP contribution is -2.31. The normalized spacial score (nSPS) is 17.2. The van der Waals surface area contributed by atoms with Gasteiger partial charge in [-0.1, -0.05) is 30.3 Å². The minimum Gasteiger partial charge on any atom is -0.489 e. The number of nitrogens with one attached hydrogen (secondary N) is 2. The van der Waals surface area contributed by atoms with E-state index in [1.165, 1.54) is 34.1 Å². The molecule has 1 heterocycles. The van der Waals surface area contributed by atoms with Crippen molar-refractivity contribution in [3.63, 3.8) is 0 Å². The molecular formula is C20H22N2O. The summed E-state index contributed by atoms with van der Waals surface area (Å²) in [7, 11) is 2.05. The molecule has 2 aromatic carbocycles. The number of hydrogen-bond donors (Lipinski definition) is 2. The van der Waals surface area contributed by atoms with Crippen molar-refractivity contribution >= 4 is 10.9 Å². The van der Waals surface area contributed by atoms with Crippen molar-refractivity contribution in [2.24, 2.45) is 0 Å². The molecule has 0 spiro atoms. The van der Waals surface area contributed by atoms with Gasteiger partial charge in [-0.15, -0.1) is 0 Å². The van der Waals surface area contributed by atoms with Gasteiger partial charge in [0.05, 0.1) is 0 Å². The quantitative estimate of drug-likeness (QED) is 0.769. The van der Waals surface area contributed by atoms with Gasteiger partial charge in [-0.25, -0.2) is 0 Å². The first kappa shape index (κ1) is 14.3. The molecule has 3 aromatic rings. The van der Waals surface area contributed by atoms with Gasteiger partial charge in [-0.3, -0.25) is 0 Å². The number of likely N-dealkylation sites (N-methyl/N-ethyl adjacent to an activating group) is 1. The zero-order chi connectivity index (χ0) is 15.6. The molecule has 0 bridgehead atoms. The number of ether oxygens (including phenoxy) is 1. The number of aromatic nitrogens is 1. The molecule has 2 N–H and O–H groups in total. The SMILES string of the molecule is CNC1CCc2[nH]c3ccc(OCc4ccccc4)cc3c2C1. The molecule has 3 nitrogen and oxygen atoms in total. The molecule has 1 atom stereocenters. The molecule has 1 aliphatic carbocycles. The molecule has 0 amide bonds. The Bertz CT molecular complexity index is 807. The van der Waals surface area contributed by atoms with E-state index in [9.17, 15) is 0 Å². The molecular weight excluding hydrogens is 284 g/mol. The van der Waals surface area contributed by atoms with Crippen molar-refractivity contribution in [2.75, 3.05) is 7.05 Å². The van der Waals surface area contributed by atoms with E-state index in [2.05, 4.69) is 47.7 Å². The van der Waals surface area contributed by atoms with E-state index in [1.54, 1.807) is 0 Å². The van der Waals surface area contributed by atoms with Crippen molar-refractivity contribution in [2.45, 2.75) is 31.9 Å². The van der Waals surface area contributed by atoms with Crippen LogP contribution < -0.4 is 10.1 Å². The zero-order valence-electron chi connectivity index (χ0n) is 13.4. The summed E-state index contributed by atoms with van der Waals surface area (Å²) in [5.41, 5.74) is 5.26. The summed E-state index contributed by atoms with van der Waals surface area (Å²) in [6, 6.07) is 17.3. The van der Waals surface area contributed by atoms with Crippen LogP contribution in [0.5, 0.6) is 5.75 Å². The molecule has 0 aliphatic heterocycles. The number of aromatic amines is 1. The van der Waals surface area contributed by atoms with Crippen molar-refractivity contribution in [1.82, 2.24) is 10.3 Å². The van der Waals surface area contributed by atoms with E-state index in [0.717, 1.165) is 18.6 Å². The van der Waals surface area contributed by atoms with Crippen LogP contribution in [0.4, 0.5) is 0 Å². The molecule has 1 aromatic heterocycles. The molecule has 1 unspecified atom stereocenters. The van der Waals surface area contributed by atoms with Gasteiger partial charge >= 0.3 is 0 Å². The summed E-state index contributed by atoms with van der Waals surface area (Å²) in [4.78, 5) is 3.58. The standard InChI is InChI=1S/C20H22N2O/c1-21-15-7-9-19-17(11-15)18-12-16(8-10-20(18)22-19)23-13-14-5-3-2-4-6-14/h2-6,8,10,12,15,21-22H,7,9,11,13H2,1H3. The summed E-state index contributed by atoms with van der Waals surface area (Å²) in [6.45, 7) is 0.609. The fourth-order valence-electron chi connectivity index (χ4n) is 3.47. The van der Waals surface area contributed by atoms with Crippen LogP contribution in [0.1, 0.15) is 23.2 Å². The second kappa shape index (κ2) is 6.09. The van der Waals surface area contributed by atoms with Crippen LogP contribution in [0, 0.1) is 0 Å². The third-order valence-electron chi connectivity index (χ3n) is 4.82. The predicted octanol–water partition coefficient (Wildman–Crippen LogP) is 3.82. The fraction of sp³-hybridized carbons (Fsp3) is 0.300. The lowest BCUT2D eigenvalue weighted by molar-refractivity contribution is 0.306. The zero-order valence-corrected chi connectivity index (χ0v) is 13.4. The highest BCUT2D eigenvalue weighted by Gasteiger charge is 2.21. The Labute approximate surface area is 136 Å². The largest absolute Gasteiger partial charge is 0.489 e. The van der Waals surface area contributed by atoms with Gasteiger partial charge in [-0.05, 0) is 55.6 Å². The van der Waals surface area contributed by atoms with E-state index in [1.807, 2.05) is 18.2 Å². The molecule has 0 fully saturated rings. The Morgan fingerprint density at radius 1 is 1.17 bits per heavy atom. The maximum Gasteiger partial charge on any atom is 0.120 e. The summed E-state index contributed by atoms with van der Waals surface area (Å²) >= 11 is 0. The van der Waals surface area contributed by atoms with Crippen LogP contribution in [-0.4, -0.2) is 18.1 Å². The van der Waals surface area contributed by atoms with E-state index in [-0.39, 0.29) is 0 Å². The van der Waals surface area contributed by atoms with E-state index < -0.39 is 0 Å². The number of fused-ring (bicyclic) bond motifs is 3. The Balaban J connectivity index is 1.60. The van der Waals surface area contributed by atoms with E-state index in [0.29, 0.717) is 12.6 Å². The Kier molecular flexibility index (Phi) is 3.80. The molecule has 118 valence electrons. The second-order valence-corrected chi connectivity index (χ2v) is 6.29. The number of hydrogen-bond acceptors (Lipinski definition) is 2. The average molecular weight is 306 g/mol. The highest BCUT2D eigenvalue weighted by atomic mass is 16.5. The number of H-pyrrole nitrogens is 1. The van der Waals surface area contributed by atoms with E-state index >= 15 is 0 Å². The molecule has 0 saturated carbocycles.